The highest BCUT2D eigenvalue weighted by Crippen LogP contribution is 2.40. The minimum absolute atomic E-state index is 0.0834. The molecule has 1 aliphatic rings. The number of H-pyrrole nitrogens is 1. The van der Waals surface area contributed by atoms with Gasteiger partial charge in [-0.3, -0.25) is 0 Å². The van der Waals surface area contributed by atoms with Gasteiger partial charge in [-0.1, -0.05) is 47.3 Å². The third-order valence-corrected chi connectivity index (χ3v) is 5.19. The van der Waals surface area contributed by atoms with Crippen LogP contribution in [0.3, 0.4) is 0 Å². The third kappa shape index (κ3) is 3.38. The lowest BCUT2D eigenvalue weighted by Gasteiger charge is -2.02. The molecule has 0 saturated heterocycles. The quantitative estimate of drug-likeness (QED) is 0.673. The molecule has 124 valence electrons. The smallest absolute Gasteiger partial charge is 0.239 e. The van der Waals surface area contributed by atoms with Crippen LogP contribution in [0, 0.1) is 6.92 Å². The average molecular weight is 340 g/mol. The molecule has 0 spiro atoms. The van der Waals surface area contributed by atoms with Crippen LogP contribution in [0.1, 0.15) is 59.6 Å². The van der Waals surface area contributed by atoms with Crippen LogP contribution in [-0.4, -0.2) is 20.1 Å². The Morgan fingerprint density at radius 2 is 2.04 bits per heavy atom. The third-order valence-electron chi connectivity index (χ3n) is 4.21. The fourth-order valence-corrected chi connectivity index (χ4v) is 3.53. The molecule has 3 aromatic rings. The second-order valence-corrected chi connectivity index (χ2v) is 7.63. The Labute approximate surface area is 145 Å². The molecule has 1 saturated carbocycles. The average Bonchev–Trinajstić information content (AvgIpc) is 3.21. The van der Waals surface area contributed by atoms with Gasteiger partial charge < -0.3 is 9.51 Å². The van der Waals surface area contributed by atoms with E-state index in [9.17, 15) is 0 Å². The van der Waals surface area contributed by atoms with Gasteiger partial charge in [-0.15, -0.1) is 0 Å². The van der Waals surface area contributed by atoms with Gasteiger partial charge in [0.2, 0.25) is 5.89 Å². The van der Waals surface area contributed by atoms with E-state index >= 15 is 0 Å². The maximum Gasteiger partial charge on any atom is 0.239 e. The molecule has 1 N–H and O–H groups in total. The lowest BCUT2D eigenvalue weighted by molar-refractivity contribution is 0.375. The van der Waals surface area contributed by atoms with E-state index in [1.807, 2.05) is 6.07 Å². The normalized spacial score (nSPS) is 15.6. The van der Waals surface area contributed by atoms with Crippen LogP contribution < -0.4 is 0 Å². The molecule has 2 aromatic heterocycles. The monoisotopic (exact) mass is 340 g/mol. The largest absolute Gasteiger partial charge is 0.338 e. The number of aromatic nitrogens is 4. The first-order valence-corrected chi connectivity index (χ1v) is 9.16. The van der Waals surface area contributed by atoms with Crippen molar-refractivity contribution in [3.8, 4) is 0 Å². The number of benzene rings is 1. The van der Waals surface area contributed by atoms with Gasteiger partial charge in [0.05, 0.1) is 10.9 Å². The van der Waals surface area contributed by atoms with Gasteiger partial charge in [0.1, 0.15) is 0 Å². The Hall–Kier alpha value is -2.08. The number of hydrogen-bond acceptors (Lipinski definition) is 5. The Morgan fingerprint density at radius 1 is 1.25 bits per heavy atom. The summed E-state index contributed by atoms with van der Waals surface area (Å²) in [5.41, 5.74) is 3.46. The molecular formula is C18H20N4OS. The zero-order chi connectivity index (χ0) is 16.5. The summed E-state index contributed by atoms with van der Waals surface area (Å²) in [6, 6.07) is 10.4. The number of rotatable bonds is 6. The Morgan fingerprint density at radius 3 is 2.79 bits per heavy atom. The van der Waals surface area contributed by atoms with Crippen molar-refractivity contribution in [1.82, 2.24) is 20.1 Å². The molecule has 0 aliphatic heterocycles. The van der Waals surface area contributed by atoms with E-state index in [4.69, 9.17) is 9.51 Å². The van der Waals surface area contributed by atoms with E-state index < -0.39 is 0 Å². The van der Waals surface area contributed by atoms with Crippen molar-refractivity contribution in [2.24, 2.45) is 0 Å². The van der Waals surface area contributed by atoms with Crippen LogP contribution in [0.4, 0.5) is 0 Å². The lowest BCUT2D eigenvalue weighted by Crippen LogP contribution is -1.92. The van der Waals surface area contributed by atoms with Gasteiger partial charge >= 0.3 is 0 Å². The summed E-state index contributed by atoms with van der Waals surface area (Å²) in [6.07, 6.45) is 3.20. The van der Waals surface area contributed by atoms with Crippen molar-refractivity contribution < 1.29 is 4.52 Å². The highest BCUT2D eigenvalue weighted by Gasteiger charge is 2.30. The standard InChI is InChI=1S/C18H20N4OS/c1-11-15(10-13-6-4-3-5-7-13)20-18(19-11)24-12(2)17-21-16(22-23-17)14-8-9-14/h3-7,12,14H,8-10H2,1-2H3,(H,19,20)/t12-/m0/s1. The molecule has 1 aromatic carbocycles. The van der Waals surface area contributed by atoms with Gasteiger partial charge in [-0.25, -0.2) is 4.98 Å². The molecule has 0 radical (unpaired) electrons. The highest BCUT2D eigenvalue weighted by molar-refractivity contribution is 7.99. The van der Waals surface area contributed by atoms with Crippen molar-refractivity contribution in [2.45, 2.75) is 49.4 Å². The van der Waals surface area contributed by atoms with Crippen LogP contribution >= 0.6 is 11.8 Å². The van der Waals surface area contributed by atoms with Crippen LogP contribution in [-0.2, 0) is 6.42 Å². The van der Waals surface area contributed by atoms with Gasteiger partial charge in [0.15, 0.2) is 11.0 Å². The molecule has 0 unspecified atom stereocenters. The van der Waals surface area contributed by atoms with Crippen LogP contribution in [0.2, 0.25) is 0 Å². The molecule has 1 atom stereocenters. The number of hydrogen-bond donors (Lipinski definition) is 1. The zero-order valence-corrected chi connectivity index (χ0v) is 14.6. The fourth-order valence-electron chi connectivity index (χ4n) is 2.62. The number of aromatic amines is 1. The van der Waals surface area contributed by atoms with Crippen molar-refractivity contribution in [3.63, 3.8) is 0 Å². The summed E-state index contributed by atoms with van der Waals surface area (Å²) < 4.78 is 5.41. The Kier molecular flexibility index (Phi) is 4.14. The van der Waals surface area contributed by atoms with Crippen LogP contribution in [0.5, 0.6) is 0 Å². The first kappa shape index (κ1) is 15.4. The van der Waals surface area contributed by atoms with Crippen LogP contribution in [0.15, 0.2) is 40.0 Å². The van der Waals surface area contributed by atoms with E-state index in [-0.39, 0.29) is 5.25 Å². The van der Waals surface area contributed by atoms with E-state index in [1.165, 1.54) is 18.4 Å². The van der Waals surface area contributed by atoms with Gasteiger partial charge in [-0.2, -0.15) is 4.98 Å². The number of nitrogens with one attached hydrogen (secondary N) is 1. The number of nitrogens with zero attached hydrogens (tertiary/aromatic N) is 3. The maximum absolute atomic E-state index is 5.41. The number of thioether (sulfide) groups is 1. The summed E-state index contributed by atoms with van der Waals surface area (Å²) in [5, 5.41) is 5.07. The van der Waals surface area contributed by atoms with Crippen molar-refractivity contribution in [2.75, 3.05) is 0 Å². The first-order chi connectivity index (χ1) is 11.7. The minimum atomic E-state index is 0.0834. The predicted molar refractivity (Wildman–Crippen MR) is 93.1 cm³/mol. The first-order valence-electron chi connectivity index (χ1n) is 8.28. The highest BCUT2D eigenvalue weighted by atomic mass is 32.2. The molecule has 4 rings (SSSR count). The Balaban J connectivity index is 1.45. The van der Waals surface area contributed by atoms with Crippen LogP contribution in [0.25, 0.3) is 0 Å². The van der Waals surface area contributed by atoms with E-state index in [2.05, 4.69) is 53.2 Å². The Bertz CT molecular complexity index is 823. The topological polar surface area (TPSA) is 67.6 Å². The molecule has 1 fully saturated rings. The van der Waals surface area contributed by atoms with Gasteiger partial charge in [0, 0.05) is 18.0 Å². The van der Waals surface area contributed by atoms with Gasteiger partial charge in [-0.05, 0) is 32.3 Å². The lowest BCUT2D eigenvalue weighted by atomic mass is 10.1. The maximum atomic E-state index is 5.41. The SMILES string of the molecule is Cc1[nH]c(S[C@@H](C)c2nc(C3CC3)no2)nc1Cc1ccccc1. The fraction of sp³-hybridized carbons (Fsp3) is 0.389. The van der Waals surface area contributed by atoms with E-state index in [0.717, 1.165) is 28.8 Å². The number of imidazole rings is 1. The molecule has 2 heterocycles. The minimum Gasteiger partial charge on any atom is -0.338 e. The van der Waals surface area contributed by atoms with E-state index in [0.29, 0.717) is 11.8 Å². The summed E-state index contributed by atoms with van der Waals surface area (Å²) in [7, 11) is 0. The molecule has 5 nitrogen and oxygen atoms in total. The molecule has 0 amide bonds. The molecule has 0 bridgehead atoms. The van der Waals surface area contributed by atoms with Gasteiger partial charge in [0.25, 0.3) is 0 Å². The molecule has 6 heteroatoms. The van der Waals surface area contributed by atoms with Crippen molar-refractivity contribution in [1.29, 1.82) is 0 Å². The number of aryl methyl sites for hydroxylation is 1. The predicted octanol–water partition coefficient (Wildman–Crippen LogP) is 4.42. The van der Waals surface area contributed by atoms with E-state index in [1.54, 1.807) is 11.8 Å². The second-order valence-electron chi connectivity index (χ2n) is 6.30. The summed E-state index contributed by atoms with van der Waals surface area (Å²) in [6.45, 7) is 4.14. The summed E-state index contributed by atoms with van der Waals surface area (Å²) >= 11 is 1.62. The molecular weight excluding hydrogens is 320 g/mol. The summed E-state index contributed by atoms with van der Waals surface area (Å²) in [5.74, 6) is 2.06. The zero-order valence-electron chi connectivity index (χ0n) is 13.8. The van der Waals surface area contributed by atoms with Crippen molar-refractivity contribution in [3.05, 3.63) is 59.0 Å². The molecule has 24 heavy (non-hydrogen) atoms. The summed E-state index contributed by atoms with van der Waals surface area (Å²) in [4.78, 5) is 12.6. The van der Waals surface area contributed by atoms with Crippen molar-refractivity contribution >= 4 is 11.8 Å². The second kappa shape index (κ2) is 6.43. The molecule has 1 aliphatic carbocycles.